The predicted molar refractivity (Wildman–Crippen MR) is 85.3 cm³/mol. The van der Waals surface area contributed by atoms with E-state index in [2.05, 4.69) is 36.4 Å². The Morgan fingerprint density at radius 2 is 1.91 bits per heavy atom. The van der Waals surface area contributed by atoms with E-state index in [1.807, 2.05) is 0 Å². The SMILES string of the molecule is O=C(NC1CCN(c2cc(C3CC3)[nH]n2)CC1)c1ncccn1. The lowest BCUT2D eigenvalue weighted by Gasteiger charge is -2.32. The Balaban J connectivity index is 1.31. The number of nitrogens with one attached hydrogen (secondary N) is 2. The fourth-order valence-electron chi connectivity index (χ4n) is 3.01. The molecule has 0 atom stereocenters. The molecule has 1 aliphatic heterocycles. The van der Waals surface area contributed by atoms with Gasteiger partial charge in [-0.2, -0.15) is 5.10 Å². The number of carbonyl (C=O) groups excluding carboxylic acids is 1. The summed E-state index contributed by atoms with van der Waals surface area (Å²) >= 11 is 0. The van der Waals surface area contributed by atoms with E-state index in [0.29, 0.717) is 5.92 Å². The smallest absolute Gasteiger partial charge is 0.289 e. The normalized spacial score (nSPS) is 18.9. The van der Waals surface area contributed by atoms with Crippen LogP contribution in [0.4, 0.5) is 5.82 Å². The van der Waals surface area contributed by atoms with Gasteiger partial charge < -0.3 is 10.2 Å². The minimum Gasteiger partial charge on any atom is -0.355 e. The average Bonchev–Trinajstić information content (AvgIpc) is 3.34. The summed E-state index contributed by atoms with van der Waals surface area (Å²) in [4.78, 5) is 22.3. The van der Waals surface area contributed by atoms with Gasteiger partial charge in [-0.1, -0.05) is 0 Å². The molecular formula is C16H20N6O. The van der Waals surface area contributed by atoms with Crippen LogP contribution >= 0.6 is 0 Å². The Morgan fingerprint density at radius 1 is 1.17 bits per heavy atom. The van der Waals surface area contributed by atoms with E-state index < -0.39 is 0 Å². The number of carbonyl (C=O) groups is 1. The molecule has 2 aliphatic rings. The molecular weight excluding hydrogens is 292 g/mol. The predicted octanol–water partition coefficient (Wildman–Crippen LogP) is 1.48. The highest BCUT2D eigenvalue weighted by Gasteiger charge is 2.28. The lowest BCUT2D eigenvalue weighted by Crippen LogP contribution is -2.45. The van der Waals surface area contributed by atoms with Crippen molar-refractivity contribution in [2.75, 3.05) is 18.0 Å². The van der Waals surface area contributed by atoms with E-state index in [1.165, 1.54) is 18.5 Å². The molecule has 2 N–H and O–H groups in total. The van der Waals surface area contributed by atoms with Gasteiger partial charge in [-0.05, 0) is 31.7 Å². The fraction of sp³-hybridized carbons (Fsp3) is 0.500. The van der Waals surface area contributed by atoms with Crippen LogP contribution in [0.15, 0.2) is 24.5 Å². The highest BCUT2D eigenvalue weighted by Crippen LogP contribution is 2.40. The number of rotatable bonds is 4. The molecule has 0 bridgehead atoms. The maximum absolute atomic E-state index is 12.1. The molecule has 2 aromatic rings. The quantitative estimate of drug-likeness (QED) is 0.893. The third-order valence-electron chi connectivity index (χ3n) is 4.52. The van der Waals surface area contributed by atoms with Crippen molar-refractivity contribution in [3.8, 4) is 0 Å². The van der Waals surface area contributed by atoms with Crippen LogP contribution in [0.2, 0.25) is 0 Å². The number of anilines is 1. The first kappa shape index (κ1) is 14.2. The second kappa shape index (κ2) is 5.98. The number of hydrogen-bond acceptors (Lipinski definition) is 5. The Hall–Kier alpha value is -2.44. The van der Waals surface area contributed by atoms with Crippen molar-refractivity contribution in [2.45, 2.75) is 37.6 Å². The molecule has 1 saturated carbocycles. The van der Waals surface area contributed by atoms with Crippen molar-refractivity contribution in [2.24, 2.45) is 0 Å². The van der Waals surface area contributed by atoms with Gasteiger partial charge in [-0.15, -0.1) is 0 Å². The molecule has 7 heteroatoms. The van der Waals surface area contributed by atoms with Crippen molar-refractivity contribution in [1.82, 2.24) is 25.5 Å². The van der Waals surface area contributed by atoms with E-state index >= 15 is 0 Å². The minimum absolute atomic E-state index is 0.171. The summed E-state index contributed by atoms with van der Waals surface area (Å²) in [5, 5.41) is 10.6. The van der Waals surface area contributed by atoms with E-state index in [9.17, 15) is 4.79 Å². The van der Waals surface area contributed by atoms with Crippen LogP contribution in [0.25, 0.3) is 0 Å². The van der Waals surface area contributed by atoms with Crippen molar-refractivity contribution in [1.29, 1.82) is 0 Å². The lowest BCUT2D eigenvalue weighted by atomic mass is 10.0. The van der Waals surface area contributed by atoms with E-state index in [-0.39, 0.29) is 17.8 Å². The number of aromatic amines is 1. The van der Waals surface area contributed by atoms with Gasteiger partial charge in [0.15, 0.2) is 5.82 Å². The van der Waals surface area contributed by atoms with Gasteiger partial charge in [0, 0.05) is 49.2 Å². The molecule has 3 heterocycles. The van der Waals surface area contributed by atoms with E-state index in [4.69, 9.17) is 0 Å². The molecule has 0 spiro atoms. The Bertz CT molecular complexity index is 673. The van der Waals surface area contributed by atoms with Crippen molar-refractivity contribution < 1.29 is 4.79 Å². The van der Waals surface area contributed by atoms with Crippen LogP contribution in [0.3, 0.4) is 0 Å². The van der Waals surface area contributed by atoms with Crippen LogP contribution in [-0.4, -0.2) is 45.2 Å². The fourth-order valence-corrected chi connectivity index (χ4v) is 3.01. The topological polar surface area (TPSA) is 86.8 Å². The summed E-state index contributed by atoms with van der Waals surface area (Å²) in [6.07, 6.45) is 7.53. The molecule has 0 radical (unpaired) electrons. The average molecular weight is 312 g/mol. The molecule has 0 aromatic carbocycles. The van der Waals surface area contributed by atoms with Crippen LogP contribution in [0, 0.1) is 0 Å². The zero-order valence-electron chi connectivity index (χ0n) is 12.9. The van der Waals surface area contributed by atoms with E-state index in [1.54, 1.807) is 18.5 Å². The first-order chi connectivity index (χ1) is 11.3. The molecule has 23 heavy (non-hydrogen) atoms. The van der Waals surface area contributed by atoms with Crippen molar-refractivity contribution >= 4 is 11.7 Å². The highest BCUT2D eigenvalue weighted by atomic mass is 16.2. The number of aromatic nitrogens is 4. The van der Waals surface area contributed by atoms with Gasteiger partial charge in [0.25, 0.3) is 5.91 Å². The van der Waals surface area contributed by atoms with Gasteiger partial charge in [0.2, 0.25) is 5.82 Å². The first-order valence-corrected chi connectivity index (χ1v) is 8.18. The van der Waals surface area contributed by atoms with Gasteiger partial charge >= 0.3 is 0 Å². The monoisotopic (exact) mass is 312 g/mol. The number of H-pyrrole nitrogens is 1. The summed E-state index contributed by atoms with van der Waals surface area (Å²) in [6, 6.07) is 4.05. The molecule has 1 aliphatic carbocycles. The molecule has 1 amide bonds. The van der Waals surface area contributed by atoms with Crippen LogP contribution < -0.4 is 10.2 Å². The first-order valence-electron chi connectivity index (χ1n) is 8.18. The minimum atomic E-state index is -0.195. The Kier molecular flexibility index (Phi) is 3.69. The Labute approximate surface area is 134 Å². The maximum Gasteiger partial charge on any atom is 0.289 e. The summed E-state index contributed by atoms with van der Waals surface area (Å²) in [5.41, 5.74) is 1.26. The van der Waals surface area contributed by atoms with Crippen molar-refractivity contribution in [3.63, 3.8) is 0 Å². The summed E-state index contributed by atoms with van der Waals surface area (Å²) in [6.45, 7) is 1.80. The van der Waals surface area contributed by atoms with Crippen LogP contribution in [0.1, 0.15) is 47.9 Å². The summed E-state index contributed by atoms with van der Waals surface area (Å²) in [5.74, 6) is 1.76. The summed E-state index contributed by atoms with van der Waals surface area (Å²) < 4.78 is 0. The number of nitrogens with zero attached hydrogens (tertiary/aromatic N) is 4. The number of hydrogen-bond donors (Lipinski definition) is 2. The van der Waals surface area contributed by atoms with E-state index in [0.717, 1.165) is 31.7 Å². The second-order valence-corrected chi connectivity index (χ2v) is 6.26. The Morgan fingerprint density at radius 3 is 2.61 bits per heavy atom. The molecule has 0 unspecified atom stereocenters. The summed E-state index contributed by atoms with van der Waals surface area (Å²) in [7, 11) is 0. The lowest BCUT2D eigenvalue weighted by molar-refractivity contribution is 0.0920. The zero-order valence-corrected chi connectivity index (χ0v) is 12.9. The largest absolute Gasteiger partial charge is 0.355 e. The van der Waals surface area contributed by atoms with Gasteiger partial charge in [0.05, 0.1) is 0 Å². The standard InChI is InChI=1S/C16H20N6O/c23-16(15-17-6-1-7-18-15)19-12-4-8-22(9-5-12)14-10-13(20-21-14)11-2-3-11/h1,6-7,10-12H,2-5,8-9H2,(H,19,23)(H,20,21). The third kappa shape index (κ3) is 3.18. The van der Waals surface area contributed by atoms with Gasteiger partial charge in [0.1, 0.15) is 0 Å². The zero-order chi connectivity index (χ0) is 15.6. The van der Waals surface area contributed by atoms with Crippen LogP contribution in [-0.2, 0) is 0 Å². The molecule has 7 nitrogen and oxygen atoms in total. The van der Waals surface area contributed by atoms with Crippen molar-refractivity contribution in [3.05, 3.63) is 36.0 Å². The molecule has 1 saturated heterocycles. The molecule has 120 valence electrons. The van der Waals surface area contributed by atoms with Crippen LogP contribution in [0.5, 0.6) is 0 Å². The molecule has 2 fully saturated rings. The molecule has 4 rings (SSSR count). The number of piperidine rings is 1. The van der Waals surface area contributed by atoms with Gasteiger partial charge in [-0.25, -0.2) is 9.97 Å². The second-order valence-electron chi connectivity index (χ2n) is 6.26. The third-order valence-corrected chi connectivity index (χ3v) is 4.52. The van der Waals surface area contributed by atoms with Gasteiger partial charge in [-0.3, -0.25) is 9.89 Å². The molecule has 2 aromatic heterocycles. The maximum atomic E-state index is 12.1. The highest BCUT2D eigenvalue weighted by molar-refractivity contribution is 5.90. The number of amides is 1.